The van der Waals surface area contributed by atoms with Gasteiger partial charge < -0.3 is 15.8 Å². The van der Waals surface area contributed by atoms with Crippen LogP contribution in [0, 0.1) is 0 Å². The molecule has 0 radical (unpaired) electrons. The zero-order valence-corrected chi connectivity index (χ0v) is 12.7. The van der Waals surface area contributed by atoms with E-state index in [4.69, 9.17) is 22.1 Å². The van der Waals surface area contributed by atoms with Crippen molar-refractivity contribution in [1.29, 1.82) is 0 Å². The van der Waals surface area contributed by atoms with E-state index in [0.717, 1.165) is 0 Å². The number of nitrogens with one attached hydrogen (secondary N) is 1. The average molecular weight is 356 g/mol. The number of nitrogens with two attached hydrogens (primary N) is 1. The van der Waals surface area contributed by atoms with E-state index in [0.29, 0.717) is 26.6 Å². The molecule has 0 saturated carbocycles. The van der Waals surface area contributed by atoms with Crippen LogP contribution < -0.4 is 15.8 Å². The van der Waals surface area contributed by atoms with Crippen molar-refractivity contribution in [3.05, 3.63) is 52.0 Å². The lowest BCUT2D eigenvalue weighted by Crippen LogP contribution is -2.20. The van der Waals surface area contributed by atoms with Crippen molar-refractivity contribution < 1.29 is 9.53 Å². The number of benzene rings is 2. The molecule has 1 amide bonds. The van der Waals surface area contributed by atoms with Crippen molar-refractivity contribution in [2.45, 2.75) is 0 Å². The summed E-state index contributed by atoms with van der Waals surface area (Å²) in [6.45, 7) is -0.124. The fraction of sp³-hybridized carbons (Fsp3) is 0.0714. The third-order valence-corrected chi connectivity index (χ3v) is 3.43. The molecule has 6 heteroatoms. The second-order valence-electron chi connectivity index (χ2n) is 4.01. The molecule has 4 nitrogen and oxygen atoms in total. The van der Waals surface area contributed by atoms with Gasteiger partial charge in [-0.1, -0.05) is 23.7 Å². The summed E-state index contributed by atoms with van der Waals surface area (Å²) in [5.41, 5.74) is 6.87. The quantitative estimate of drug-likeness (QED) is 0.822. The summed E-state index contributed by atoms with van der Waals surface area (Å²) < 4.78 is 6.06. The molecule has 0 spiro atoms. The Balaban J connectivity index is 1.94. The first-order chi connectivity index (χ1) is 9.56. The molecule has 3 N–H and O–H groups in total. The second-order valence-corrected chi connectivity index (χ2v) is 5.27. The van der Waals surface area contributed by atoms with Crippen LogP contribution in [0.5, 0.6) is 5.75 Å². The van der Waals surface area contributed by atoms with Gasteiger partial charge in [0.15, 0.2) is 6.61 Å². The highest BCUT2D eigenvalue weighted by molar-refractivity contribution is 9.10. The second kappa shape index (κ2) is 6.63. The van der Waals surface area contributed by atoms with E-state index in [1.54, 1.807) is 42.5 Å². The number of rotatable bonds is 4. The normalized spacial score (nSPS) is 10.1. The van der Waals surface area contributed by atoms with Crippen molar-refractivity contribution in [1.82, 2.24) is 0 Å². The van der Waals surface area contributed by atoms with Crippen LogP contribution >= 0.6 is 27.5 Å². The Kier molecular flexibility index (Phi) is 4.87. The van der Waals surface area contributed by atoms with Crippen molar-refractivity contribution in [3.63, 3.8) is 0 Å². The fourth-order valence-corrected chi connectivity index (χ4v) is 2.21. The van der Waals surface area contributed by atoms with Crippen LogP contribution in [0.4, 0.5) is 11.4 Å². The molecule has 0 aliphatic carbocycles. The lowest BCUT2D eigenvalue weighted by Gasteiger charge is -2.10. The van der Waals surface area contributed by atoms with E-state index in [1.165, 1.54) is 0 Å². The molecular formula is C14H12BrClN2O2. The van der Waals surface area contributed by atoms with Crippen LogP contribution in [0.25, 0.3) is 0 Å². The van der Waals surface area contributed by atoms with Gasteiger partial charge in [-0.05, 0) is 46.3 Å². The molecule has 0 unspecified atom stereocenters. The number of nitrogen functional groups attached to an aromatic ring is 1. The monoisotopic (exact) mass is 354 g/mol. The third-order valence-electron chi connectivity index (χ3n) is 2.46. The van der Waals surface area contributed by atoms with Crippen molar-refractivity contribution in [2.75, 3.05) is 17.7 Å². The van der Waals surface area contributed by atoms with Gasteiger partial charge in [-0.3, -0.25) is 4.79 Å². The van der Waals surface area contributed by atoms with Gasteiger partial charge in [-0.15, -0.1) is 0 Å². The summed E-state index contributed by atoms with van der Waals surface area (Å²) in [4.78, 5) is 11.8. The van der Waals surface area contributed by atoms with Gasteiger partial charge in [-0.25, -0.2) is 0 Å². The Morgan fingerprint density at radius 3 is 2.75 bits per heavy atom. The highest BCUT2D eigenvalue weighted by atomic mass is 79.9. The maximum Gasteiger partial charge on any atom is 0.262 e. The lowest BCUT2D eigenvalue weighted by molar-refractivity contribution is -0.118. The summed E-state index contributed by atoms with van der Waals surface area (Å²) in [5, 5.41) is 3.18. The summed E-state index contributed by atoms with van der Waals surface area (Å²) in [6.07, 6.45) is 0. The van der Waals surface area contributed by atoms with Gasteiger partial charge in [-0.2, -0.15) is 0 Å². The van der Waals surface area contributed by atoms with E-state index in [1.807, 2.05) is 0 Å². The van der Waals surface area contributed by atoms with E-state index in [2.05, 4.69) is 21.2 Å². The molecule has 0 bridgehead atoms. The molecule has 104 valence electrons. The van der Waals surface area contributed by atoms with Crippen LogP contribution in [0.1, 0.15) is 0 Å². The fourth-order valence-electron chi connectivity index (χ4n) is 1.52. The minimum absolute atomic E-state index is 0.124. The molecule has 0 fully saturated rings. The predicted molar refractivity (Wildman–Crippen MR) is 84.1 cm³/mol. The molecule has 0 aromatic heterocycles. The van der Waals surface area contributed by atoms with Crippen LogP contribution in [0.15, 0.2) is 46.9 Å². The number of ether oxygens (including phenoxy) is 1. The third kappa shape index (κ3) is 3.88. The van der Waals surface area contributed by atoms with E-state index >= 15 is 0 Å². The SMILES string of the molecule is Nc1ccc(NC(=O)COc2ccccc2Cl)c(Br)c1. The van der Waals surface area contributed by atoms with Crippen LogP contribution in [0.2, 0.25) is 5.02 Å². The Hall–Kier alpha value is -1.72. The number of hydrogen-bond donors (Lipinski definition) is 2. The number of amides is 1. The summed E-state index contributed by atoms with van der Waals surface area (Å²) >= 11 is 9.26. The molecular weight excluding hydrogens is 344 g/mol. The van der Waals surface area contributed by atoms with E-state index in [9.17, 15) is 4.79 Å². The number of carbonyl (C=O) groups excluding carboxylic acids is 1. The first kappa shape index (κ1) is 14.7. The number of para-hydroxylation sites is 1. The number of hydrogen-bond acceptors (Lipinski definition) is 3. The zero-order chi connectivity index (χ0) is 14.5. The zero-order valence-electron chi connectivity index (χ0n) is 10.4. The number of halogens is 2. The standard InChI is InChI=1S/C14H12BrClN2O2/c15-10-7-9(17)5-6-12(10)18-14(19)8-20-13-4-2-1-3-11(13)16/h1-7H,8,17H2,(H,18,19). The molecule has 0 heterocycles. The molecule has 2 rings (SSSR count). The summed E-state index contributed by atoms with van der Waals surface area (Å²) in [5.74, 6) is 0.191. The number of anilines is 2. The minimum Gasteiger partial charge on any atom is -0.482 e. The van der Waals surface area contributed by atoms with Crippen molar-refractivity contribution >= 4 is 44.8 Å². The molecule has 20 heavy (non-hydrogen) atoms. The van der Waals surface area contributed by atoms with Crippen LogP contribution in [0.3, 0.4) is 0 Å². The van der Waals surface area contributed by atoms with E-state index < -0.39 is 0 Å². The van der Waals surface area contributed by atoms with E-state index in [-0.39, 0.29) is 12.5 Å². The Bertz CT molecular complexity index is 634. The van der Waals surface area contributed by atoms with Crippen molar-refractivity contribution in [3.8, 4) is 5.75 Å². The largest absolute Gasteiger partial charge is 0.482 e. The van der Waals surface area contributed by atoms with Crippen molar-refractivity contribution in [2.24, 2.45) is 0 Å². The topological polar surface area (TPSA) is 64.3 Å². The molecule has 0 aliphatic rings. The first-order valence-electron chi connectivity index (χ1n) is 5.78. The predicted octanol–water partition coefficient (Wildman–Crippen LogP) is 3.70. The van der Waals surface area contributed by atoms with Gasteiger partial charge in [0.25, 0.3) is 5.91 Å². The highest BCUT2D eigenvalue weighted by Crippen LogP contribution is 2.25. The van der Waals surface area contributed by atoms with Gasteiger partial charge >= 0.3 is 0 Å². The molecule has 2 aromatic rings. The highest BCUT2D eigenvalue weighted by Gasteiger charge is 2.08. The van der Waals surface area contributed by atoms with Gasteiger partial charge in [0, 0.05) is 10.2 Å². The Morgan fingerprint density at radius 1 is 1.30 bits per heavy atom. The Morgan fingerprint density at radius 2 is 2.05 bits per heavy atom. The van der Waals surface area contributed by atoms with Gasteiger partial charge in [0.05, 0.1) is 10.7 Å². The minimum atomic E-state index is -0.282. The summed E-state index contributed by atoms with van der Waals surface area (Å²) in [7, 11) is 0. The van der Waals surface area contributed by atoms with Crippen LogP contribution in [-0.4, -0.2) is 12.5 Å². The maximum atomic E-state index is 11.8. The van der Waals surface area contributed by atoms with Gasteiger partial charge in [0.1, 0.15) is 5.75 Å². The average Bonchev–Trinajstić information content (AvgIpc) is 2.41. The molecule has 0 saturated heterocycles. The lowest BCUT2D eigenvalue weighted by atomic mass is 10.3. The van der Waals surface area contributed by atoms with Gasteiger partial charge in [0.2, 0.25) is 0 Å². The molecule has 2 aromatic carbocycles. The molecule has 0 atom stereocenters. The maximum absolute atomic E-state index is 11.8. The molecule has 0 aliphatic heterocycles. The first-order valence-corrected chi connectivity index (χ1v) is 6.95. The summed E-state index contributed by atoms with van der Waals surface area (Å²) in [6, 6.07) is 12.1. The van der Waals surface area contributed by atoms with Crippen LogP contribution in [-0.2, 0) is 4.79 Å². The number of carbonyl (C=O) groups is 1. The smallest absolute Gasteiger partial charge is 0.262 e. The Labute approximate surface area is 130 Å².